The highest BCUT2D eigenvalue weighted by atomic mass is 16.4. The van der Waals surface area contributed by atoms with Crippen LogP contribution in [0.25, 0.3) is 0 Å². The van der Waals surface area contributed by atoms with Crippen molar-refractivity contribution in [2.75, 3.05) is 27.2 Å². The minimum absolute atomic E-state index is 0.0488. The number of nitrogens with one attached hydrogen (secondary N) is 1. The maximum Gasteiger partial charge on any atom is 0.295 e. The highest BCUT2D eigenvalue weighted by Gasteiger charge is 2.19. The van der Waals surface area contributed by atoms with Crippen LogP contribution in [-0.2, 0) is 9.59 Å². The molecule has 0 aromatic carbocycles. The molecule has 6 heteroatoms. The zero-order valence-corrected chi connectivity index (χ0v) is 25.8. The third kappa shape index (κ3) is 26.2. The van der Waals surface area contributed by atoms with Gasteiger partial charge < -0.3 is 14.4 Å². The number of rotatable bonds is 28. The molecule has 0 aliphatic carbocycles. The second-order valence-corrected chi connectivity index (χ2v) is 12.0. The molecule has 0 fully saturated rings. The largest absolute Gasteiger partial charge is 0.550 e. The molecule has 0 bridgehead atoms. The molecule has 0 rings (SSSR count). The summed E-state index contributed by atoms with van der Waals surface area (Å²) in [4.78, 5) is 23.5. The predicted molar refractivity (Wildman–Crippen MR) is 160 cm³/mol. The van der Waals surface area contributed by atoms with Gasteiger partial charge in [-0.1, -0.05) is 123 Å². The minimum atomic E-state index is -1.07. The van der Waals surface area contributed by atoms with Crippen molar-refractivity contribution in [3.63, 3.8) is 0 Å². The summed E-state index contributed by atoms with van der Waals surface area (Å²) in [5.74, 6) is -1.17. The van der Waals surface area contributed by atoms with Gasteiger partial charge in [0.25, 0.3) is 5.91 Å². The smallest absolute Gasteiger partial charge is 0.295 e. The molecule has 0 spiro atoms. The quantitative estimate of drug-likeness (QED) is 0.0492. The number of carbonyl (C=O) groups excluding carboxylic acids is 2. The fourth-order valence-electron chi connectivity index (χ4n) is 4.97. The van der Waals surface area contributed by atoms with Crippen LogP contribution < -0.4 is 10.5 Å². The molecule has 1 N–H and O–H groups in total. The molecule has 1 amide bonds. The average Bonchev–Trinajstić information content (AvgIpc) is 2.87. The molecule has 0 aliphatic rings. The van der Waals surface area contributed by atoms with E-state index in [-0.39, 0.29) is 12.3 Å². The third-order valence-corrected chi connectivity index (χ3v) is 7.46. The summed E-state index contributed by atoms with van der Waals surface area (Å²) in [6.45, 7) is 5.86. The first-order valence-corrected chi connectivity index (χ1v) is 16.2. The number of amides is 1. The number of hydrogen-bond acceptors (Lipinski definition) is 4. The van der Waals surface area contributed by atoms with Gasteiger partial charge in [-0.3, -0.25) is 4.79 Å². The standard InChI is InChI=1S/C32H63N3O3/c1-5-7-9-11-13-15-17-19-21-23-25-30(26-27-32(37)38)33-34-31(36)29-35(3,4)28-24-22-20-18-16-14-12-10-8-6-2/h5-29H2,1-4H3,(H-,34,36,37,38)/b33-30-. The van der Waals surface area contributed by atoms with Crippen molar-refractivity contribution in [3.05, 3.63) is 0 Å². The summed E-state index contributed by atoms with van der Waals surface area (Å²) in [5, 5.41) is 15.3. The molecule has 0 aliphatic heterocycles. The molecule has 0 aromatic heterocycles. The summed E-state index contributed by atoms with van der Waals surface area (Å²) in [6, 6.07) is 0. The Balaban J connectivity index is 4.17. The number of hydrogen-bond donors (Lipinski definition) is 1. The first-order chi connectivity index (χ1) is 18.3. The van der Waals surface area contributed by atoms with Crippen LogP contribution in [0.5, 0.6) is 0 Å². The second kappa shape index (κ2) is 25.8. The van der Waals surface area contributed by atoms with Crippen LogP contribution >= 0.6 is 0 Å². The number of hydrazone groups is 1. The van der Waals surface area contributed by atoms with Gasteiger partial charge in [0.2, 0.25) is 0 Å². The maximum absolute atomic E-state index is 12.6. The highest BCUT2D eigenvalue weighted by molar-refractivity contribution is 5.88. The Hall–Kier alpha value is -1.43. The van der Waals surface area contributed by atoms with Gasteiger partial charge in [0.05, 0.1) is 20.6 Å². The van der Waals surface area contributed by atoms with Crippen molar-refractivity contribution in [1.29, 1.82) is 0 Å². The molecule has 224 valence electrons. The molecule has 0 atom stereocenters. The van der Waals surface area contributed by atoms with Crippen LogP contribution in [0.4, 0.5) is 0 Å². The molecule has 38 heavy (non-hydrogen) atoms. The van der Waals surface area contributed by atoms with E-state index in [0.717, 1.165) is 37.9 Å². The Bertz CT molecular complexity index is 605. The highest BCUT2D eigenvalue weighted by Crippen LogP contribution is 2.13. The van der Waals surface area contributed by atoms with Gasteiger partial charge in [-0.05, 0) is 38.5 Å². The Kier molecular flexibility index (Phi) is 24.9. The van der Waals surface area contributed by atoms with Gasteiger partial charge in [0.1, 0.15) is 0 Å². The van der Waals surface area contributed by atoms with E-state index in [1.807, 2.05) is 0 Å². The lowest BCUT2D eigenvalue weighted by Crippen LogP contribution is -2.47. The number of nitrogens with zero attached hydrogens (tertiary/aromatic N) is 2. The number of carbonyl (C=O) groups is 2. The number of aliphatic carboxylic acids is 1. The number of carboxylic acids is 1. The first-order valence-electron chi connectivity index (χ1n) is 16.2. The third-order valence-electron chi connectivity index (χ3n) is 7.46. The molecule has 6 nitrogen and oxygen atoms in total. The van der Waals surface area contributed by atoms with E-state index in [1.165, 1.54) is 109 Å². The van der Waals surface area contributed by atoms with Gasteiger partial charge in [-0.2, -0.15) is 5.10 Å². The number of quaternary nitrogens is 1. The van der Waals surface area contributed by atoms with E-state index in [9.17, 15) is 14.7 Å². The Labute approximate surface area is 236 Å². The normalized spacial score (nSPS) is 12.2. The molecular weight excluding hydrogens is 474 g/mol. The van der Waals surface area contributed by atoms with Crippen molar-refractivity contribution in [2.45, 2.75) is 162 Å². The van der Waals surface area contributed by atoms with Crippen LogP contribution in [0.3, 0.4) is 0 Å². The Morgan fingerprint density at radius 2 is 1.03 bits per heavy atom. The topological polar surface area (TPSA) is 81.6 Å². The summed E-state index contributed by atoms with van der Waals surface area (Å²) < 4.78 is 0.644. The first kappa shape index (κ1) is 36.6. The summed E-state index contributed by atoms with van der Waals surface area (Å²) in [5.41, 5.74) is 3.47. The van der Waals surface area contributed by atoms with E-state index in [2.05, 4.69) is 38.5 Å². The lowest BCUT2D eigenvalue weighted by molar-refractivity contribution is -0.882. The Morgan fingerprint density at radius 3 is 1.47 bits per heavy atom. The van der Waals surface area contributed by atoms with Gasteiger partial charge in [-0.15, -0.1) is 0 Å². The molecule has 0 radical (unpaired) electrons. The van der Waals surface area contributed by atoms with Crippen molar-refractivity contribution >= 4 is 17.6 Å². The predicted octanol–water partition coefficient (Wildman–Crippen LogP) is 7.30. The second-order valence-electron chi connectivity index (χ2n) is 12.0. The Morgan fingerprint density at radius 1 is 0.605 bits per heavy atom. The van der Waals surface area contributed by atoms with Crippen LogP contribution in [0.15, 0.2) is 5.10 Å². The summed E-state index contributed by atoms with van der Waals surface area (Å²) in [6.07, 6.45) is 26.7. The zero-order chi connectivity index (χ0) is 28.3. The average molecular weight is 538 g/mol. The van der Waals surface area contributed by atoms with Crippen molar-refractivity contribution in [2.24, 2.45) is 5.10 Å². The minimum Gasteiger partial charge on any atom is -0.550 e. The molecule has 0 saturated heterocycles. The van der Waals surface area contributed by atoms with E-state index in [1.54, 1.807) is 0 Å². The van der Waals surface area contributed by atoms with Crippen LogP contribution in [0.1, 0.15) is 162 Å². The van der Waals surface area contributed by atoms with Crippen molar-refractivity contribution in [3.8, 4) is 0 Å². The summed E-state index contributed by atoms with van der Waals surface area (Å²) in [7, 11) is 4.19. The lowest BCUT2D eigenvalue weighted by atomic mass is 10.0. The van der Waals surface area contributed by atoms with E-state index in [0.29, 0.717) is 17.4 Å². The number of unbranched alkanes of at least 4 members (excludes halogenated alkanes) is 18. The molecule has 0 heterocycles. The van der Waals surface area contributed by atoms with Gasteiger partial charge in [0, 0.05) is 11.7 Å². The van der Waals surface area contributed by atoms with Crippen molar-refractivity contribution in [1.82, 2.24) is 5.43 Å². The zero-order valence-electron chi connectivity index (χ0n) is 25.8. The van der Waals surface area contributed by atoms with Gasteiger partial charge in [-0.25, -0.2) is 5.43 Å². The monoisotopic (exact) mass is 537 g/mol. The van der Waals surface area contributed by atoms with Crippen LogP contribution in [0, 0.1) is 0 Å². The maximum atomic E-state index is 12.6. The molecular formula is C32H63N3O3. The van der Waals surface area contributed by atoms with Crippen LogP contribution in [-0.4, -0.2) is 49.3 Å². The molecule has 0 unspecified atom stereocenters. The van der Waals surface area contributed by atoms with Crippen LogP contribution in [0.2, 0.25) is 0 Å². The van der Waals surface area contributed by atoms with E-state index >= 15 is 0 Å². The van der Waals surface area contributed by atoms with Crippen molar-refractivity contribution < 1.29 is 19.2 Å². The molecule has 0 saturated carbocycles. The number of likely N-dealkylation sites (N-methyl/N-ethyl adjacent to an activating group) is 1. The SMILES string of the molecule is CCCCCCCCCCCC/C(CCC(=O)[O-])=N/NC(=O)C[N+](C)(C)CCCCCCCCCCCC. The van der Waals surface area contributed by atoms with Gasteiger partial charge >= 0.3 is 0 Å². The fraction of sp³-hybridized carbons (Fsp3) is 0.906. The van der Waals surface area contributed by atoms with E-state index < -0.39 is 5.97 Å². The fourth-order valence-corrected chi connectivity index (χ4v) is 4.97. The lowest BCUT2D eigenvalue weighted by Gasteiger charge is -2.28. The van der Waals surface area contributed by atoms with Gasteiger partial charge in [0.15, 0.2) is 6.54 Å². The van der Waals surface area contributed by atoms with E-state index in [4.69, 9.17) is 0 Å². The number of carboxylic acid groups (broad SMARTS) is 1. The molecule has 0 aromatic rings. The summed E-state index contributed by atoms with van der Waals surface area (Å²) >= 11 is 0.